The predicted molar refractivity (Wildman–Crippen MR) is 80.5 cm³/mol. The van der Waals surface area contributed by atoms with E-state index in [-0.39, 0.29) is 10.8 Å². The average molecular weight is 308 g/mol. The zero-order valence-corrected chi connectivity index (χ0v) is 12.5. The zero-order chi connectivity index (χ0) is 14.7. The molecule has 0 saturated carbocycles. The number of carbonyl (C=O) groups is 2. The number of thiophene rings is 1. The molecule has 0 aliphatic rings. The quantitative estimate of drug-likeness (QED) is 0.850. The number of amides is 1. The maximum atomic E-state index is 11.7. The van der Waals surface area contributed by atoms with Crippen molar-refractivity contribution in [1.82, 2.24) is 4.98 Å². The molecule has 104 valence electrons. The van der Waals surface area contributed by atoms with Gasteiger partial charge in [0.1, 0.15) is 4.88 Å². The zero-order valence-electron chi connectivity index (χ0n) is 10.8. The summed E-state index contributed by atoms with van der Waals surface area (Å²) < 4.78 is 0. The van der Waals surface area contributed by atoms with Crippen LogP contribution in [-0.2, 0) is 4.79 Å². The normalized spacial score (nSPS) is 10.9. The van der Waals surface area contributed by atoms with Gasteiger partial charge in [-0.2, -0.15) is 0 Å². The Balaban J connectivity index is 2.03. The fourth-order valence-corrected chi connectivity index (χ4v) is 3.03. The van der Waals surface area contributed by atoms with E-state index in [0.717, 1.165) is 22.0 Å². The number of rotatable bonds is 4. The Kier molecular flexibility index (Phi) is 4.31. The molecule has 0 bridgehead atoms. The molecule has 0 radical (unpaired) electrons. The number of hydrogen-bond acceptors (Lipinski definition) is 5. The molecule has 5 nitrogen and oxygen atoms in total. The first-order valence-electron chi connectivity index (χ1n) is 5.70. The highest BCUT2D eigenvalue weighted by atomic mass is 32.1. The van der Waals surface area contributed by atoms with Gasteiger partial charge in [0.05, 0.1) is 15.7 Å². The van der Waals surface area contributed by atoms with Crippen LogP contribution >= 0.6 is 22.7 Å². The molecule has 2 rings (SSSR count). The number of carboxylic acids is 1. The van der Waals surface area contributed by atoms with Gasteiger partial charge in [-0.05, 0) is 31.6 Å². The minimum Gasteiger partial charge on any atom is -0.477 e. The molecule has 2 aromatic heterocycles. The molecule has 20 heavy (non-hydrogen) atoms. The number of aromatic carboxylic acids is 1. The van der Waals surface area contributed by atoms with E-state index >= 15 is 0 Å². The van der Waals surface area contributed by atoms with Crippen LogP contribution in [0, 0.1) is 13.8 Å². The first-order chi connectivity index (χ1) is 9.45. The van der Waals surface area contributed by atoms with Crippen LogP contribution in [0.2, 0.25) is 0 Å². The van der Waals surface area contributed by atoms with Crippen molar-refractivity contribution in [2.75, 3.05) is 5.32 Å². The molecule has 0 aliphatic carbocycles. The molecule has 0 aliphatic heterocycles. The monoisotopic (exact) mass is 308 g/mol. The van der Waals surface area contributed by atoms with Crippen LogP contribution in [0.1, 0.15) is 25.9 Å². The van der Waals surface area contributed by atoms with Crippen LogP contribution in [-0.4, -0.2) is 22.0 Å². The summed E-state index contributed by atoms with van der Waals surface area (Å²) in [7, 11) is 0. The van der Waals surface area contributed by atoms with Gasteiger partial charge in [-0.15, -0.1) is 22.7 Å². The smallest absolute Gasteiger partial charge is 0.346 e. The van der Waals surface area contributed by atoms with Crippen LogP contribution in [0.3, 0.4) is 0 Å². The summed E-state index contributed by atoms with van der Waals surface area (Å²) in [5, 5.41) is 14.9. The standard InChI is InChI=1S/C13H12N2O3S2/c1-7-5-11(20-12(7)13(17)18)15-10(16)4-3-9-6-19-8(2)14-9/h3-6H,1-2H3,(H,15,16)(H,17,18)/b4-3+. The second-order valence-corrected chi connectivity index (χ2v) is 6.16. The highest BCUT2D eigenvalue weighted by molar-refractivity contribution is 7.18. The summed E-state index contributed by atoms with van der Waals surface area (Å²) in [5.74, 6) is -1.30. The minimum atomic E-state index is -0.985. The van der Waals surface area contributed by atoms with E-state index in [1.54, 1.807) is 19.1 Å². The van der Waals surface area contributed by atoms with Crippen LogP contribution in [0.4, 0.5) is 5.00 Å². The largest absolute Gasteiger partial charge is 0.477 e. The molecule has 0 atom stereocenters. The van der Waals surface area contributed by atoms with Crippen molar-refractivity contribution in [2.24, 2.45) is 0 Å². The molecular formula is C13H12N2O3S2. The third kappa shape index (κ3) is 3.52. The van der Waals surface area contributed by atoms with Gasteiger partial charge in [-0.3, -0.25) is 4.79 Å². The predicted octanol–water partition coefficient (Wildman–Crippen LogP) is 3.17. The summed E-state index contributed by atoms with van der Waals surface area (Å²) in [5.41, 5.74) is 1.37. The van der Waals surface area contributed by atoms with Gasteiger partial charge in [-0.25, -0.2) is 9.78 Å². The Hall–Kier alpha value is -1.99. The maximum Gasteiger partial charge on any atom is 0.346 e. The van der Waals surface area contributed by atoms with E-state index in [4.69, 9.17) is 5.11 Å². The van der Waals surface area contributed by atoms with Crippen molar-refractivity contribution in [3.8, 4) is 0 Å². The Labute approximate surface area is 123 Å². The van der Waals surface area contributed by atoms with E-state index in [0.29, 0.717) is 10.6 Å². The minimum absolute atomic E-state index is 0.236. The van der Waals surface area contributed by atoms with E-state index < -0.39 is 5.97 Å². The number of carbonyl (C=O) groups excluding carboxylic acids is 1. The van der Waals surface area contributed by atoms with Gasteiger partial charge in [0, 0.05) is 11.5 Å². The molecule has 0 saturated heterocycles. The van der Waals surface area contributed by atoms with Crippen molar-refractivity contribution < 1.29 is 14.7 Å². The van der Waals surface area contributed by atoms with Crippen LogP contribution in [0.15, 0.2) is 17.5 Å². The highest BCUT2D eigenvalue weighted by Crippen LogP contribution is 2.26. The van der Waals surface area contributed by atoms with E-state index in [1.165, 1.54) is 17.4 Å². The van der Waals surface area contributed by atoms with E-state index in [9.17, 15) is 9.59 Å². The molecular weight excluding hydrogens is 296 g/mol. The van der Waals surface area contributed by atoms with Crippen LogP contribution in [0.5, 0.6) is 0 Å². The second kappa shape index (κ2) is 5.98. The fourth-order valence-electron chi connectivity index (χ4n) is 1.54. The number of aryl methyl sites for hydroxylation is 2. The van der Waals surface area contributed by atoms with Gasteiger partial charge in [0.15, 0.2) is 0 Å². The van der Waals surface area contributed by atoms with E-state index in [2.05, 4.69) is 10.3 Å². The highest BCUT2D eigenvalue weighted by Gasteiger charge is 2.12. The first-order valence-corrected chi connectivity index (χ1v) is 7.40. The van der Waals surface area contributed by atoms with Gasteiger partial charge in [0.25, 0.3) is 0 Å². The van der Waals surface area contributed by atoms with Gasteiger partial charge in [-0.1, -0.05) is 0 Å². The Morgan fingerprint density at radius 3 is 2.70 bits per heavy atom. The summed E-state index contributed by atoms with van der Waals surface area (Å²) in [6, 6.07) is 1.65. The number of nitrogens with one attached hydrogen (secondary N) is 1. The van der Waals surface area contributed by atoms with Crippen molar-refractivity contribution in [1.29, 1.82) is 0 Å². The molecule has 0 aromatic carbocycles. The topological polar surface area (TPSA) is 79.3 Å². The number of hydrogen-bond donors (Lipinski definition) is 2. The lowest BCUT2D eigenvalue weighted by Crippen LogP contribution is -2.06. The van der Waals surface area contributed by atoms with Crippen molar-refractivity contribution >= 4 is 45.6 Å². The van der Waals surface area contributed by atoms with Crippen molar-refractivity contribution in [3.63, 3.8) is 0 Å². The van der Waals surface area contributed by atoms with Crippen LogP contribution in [0.25, 0.3) is 6.08 Å². The second-order valence-electron chi connectivity index (χ2n) is 4.04. The SMILES string of the molecule is Cc1nc(/C=C/C(=O)Nc2cc(C)c(C(=O)O)s2)cs1. The number of anilines is 1. The summed E-state index contributed by atoms with van der Waals surface area (Å²) in [6.07, 6.45) is 3.00. The number of nitrogens with zero attached hydrogens (tertiary/aromatic N) is 1. The van der Waals surface area contributed by atoms with Gasteiger partial charge >= 0.3 is 5.97 Å². The molecule has 2 heterocycles. The fraction of sp³-hybridized carbons (Fsp3) is 0.154. The van der Waals surface area contributed by atoms with Gasteiger partial charge in [0.2, 0.25) is 5.91 Å². The summed E-state index contributed by atoms with van der Waals surface area (Å²) >= 11 is 2.55. The Morgan fingerprint density at radius 1 is 1.40 bits per heavy atom. The molecule has 0 unspecified atom stereocenters. The van der Waals surface area contributed by atoms with Gasteiger partial charge < -0.3 is 10.4 Å². The molecule has 0 spiro atoms. The summed E-state index contributed by atoms with van der Waals surface area (Å²) in [6.45, 7) is 3.59. The average Bonchev–Trinajstić information content (AvgIpc) is 2.93. The third-order valence-corrected chi connectivity index (χ3v) is 4.33. The maximum absolute atomic E-state index is 11.7. The van der Waals surface area contributed by atoms with Crippen molar-refractivity contribution in [3.05, 3.63) is 38.7 Å². The molecule has 2 aromatic rings. The van der Waals surface area contributed by atoms with Crippen LogP contribution < -0.4 is 5.32 Å². The third-order valence-electron chi connectivity index (χ3n) is 2.40. The number of carboxylic acid groups (broad SMARTS) is 1. The number of thiazole rings is 1. The lowest BCUT2D eigenvalue weighted by Gasteiger charge is -1.95. The molecule has 1 amide bonds. The molecule has 2 N–H and O–H groups in total. The molecule has 7 heteroatoms. The number of aromatic nitrogens is 1. The van der Waals surface area contributed by atoms with Crippen molar-refractivity contribution in [2.45, 2.75) is 13.8 Å². The Bertz CT molecular complexity index is 686. The lowest BCUT2D eigenvalue weighted by atomic mass is 10.3. The molecule has 0 fully saturated rings. The Morgan fingerprint density at radius 2 is 2.15 bits per heavy atom. The summed E-state index contributed by atoms with van der Waals surface area (Å²) in [4.78, 5) is 27.1. The lowest BCUT2D eigenvalue weighted by molar-refractivity contribution is -0.111. The first kappa shape index (κ1) is 14.4. The van der Waals surface area contributed by atoms with E-state index in [1.807, 2.05) is 12.3 Å².